The van der Waals surface area contributed by atoms with Gasteiger partial charge in [-0.1, -0.05) is 48.5 Å². The lowest BCUT2D eigenvalue weighted by Crippen LogP contribution is -2.56. The van der Waals surface area contributed by atoms with Gasteiger partial charge in [0.15, 0.2) is 11.5 Å². The van der Waals surface area contributed by atoms with Gasteiger partial charge in [0.2, 0.25) is 6.54 Å². The Labute approximate surface area is 274 Å². The fourth-order valence-electron chi connectivity index (χ4n) is 7.34. The second-order valence-corrected chi connectivity index (χ2v) is 12.9. The van der Waals surface area contributed by atoms with Gasteiger partial charge in [-0.15, -0.1) is 0 Å². The molecule has 0 bridgehead atoms. The van der Waals surface area contributed by atoms with E-state index in [1.807, 2.05) is 53.4 Å². The summed E-state index contributed by atoms with van der Waals surface area (Å²) in [6.45, 7) is 11.4. The number of hydrogen-bond acceptors (Lipinski definition) is 7. The molecule has 4 aromatic rings. The highest BCUT2D eigenvalue weighted by molar-refractivity contribution is 6.36. The topological polar surface area (TPSA) is 79.1 Å². The van der Waals surface area contributed by atoms with Crippen LogP contribution in [0.5, 0.6) is 6.01 Å². The fourth-order valence-corrected chi connectivity index (χ4v) is 7.63. The third-order valence-electron chi connectivity index (χ3n) is 9.45. The van der Waals surface area contributed by atoms with Crippen molar-refractivity contribution in [3.05, 3.63) is 77.4 Å². The number of benzene rings is 2. The highest BCUT2D eigenvalue weighted by Crippen LogP contribution is 2.46. The third-order valence-corrected chi connectivity index (χ3v) is 9.76. The Morgan fingerprint density at radius 2 is 1.91 bits per heavy atom. The molecule has 47 heavy (non-hydrogen) atoms. The average Bonchev–Trinajstić information content (AvgIpc) is 3.54. The first kappa shape index (κ1) is 31.1. The molecule has 0 N–H and O–H groups in total. The maximum atomic E-state index is 14.5. The van der Waals surface area contributed by atoms with Crippen molar-refractivity contribution in [3.63, 3.8) is 0 Å². The van der Waals surface area contributed by atoms with Crippen LogP contribution in [0.2, 0.25) is 5.02 Å². The Kier molecular flexibility index (Phi) is 7.92. The first-order valence-electron chi connectivity index (χ1n) is 15.4. The molecule has 13 heteroatoms. The molecule has 9 nitrogen and oxygen atoms in total. The molecule has 1 amide bonds. The van der Waals surface area contributed by atoms with Gasteiger partial charge in [-0.05, 0) is 43.0 Å². The number of ether oxygens (including phenoxy) is 1. The molecule has 3 saturated heterocycles. The van der Waals surface area contributed by atoms with Crippen molar-refractivity contribution in [2.24, 2.45) is 0 Å². The van der Waals surface area contributed by atoms with E-state index in [9.17, 15) is 18.0 Å². The van der Waals surface area contributed by atoms with Crippen LogP contribution in [0.25, 0.3) is 37.9 Å². The van der Waals surface area contributed by atoms with Crippen LogP contribution in [-0.4, -0.2) is 94.0 Å². The molecule has 242 valence electrons. The van der Waals surface area contributed by atoms with E-state index in [-0.39, 0.29) is 51.8 Å². The van der Waals surface area contributed by atoms with Crippen LogP contribution in [0.15, 0.2) is 60.9 Å². The molecule has 3 aliphatic heterocycles. The molecule has 2 aromatic carbocycles. The Morgan fingerprint density at radius 3 is 2.70 bits per heavy atom. The Balaban J connectivity index is 1.30. The molecular formula is C34H31ClF3N7O2. The van der Waals surface area contributed by atoms with Crippen LogP contribution in [0.1, 0.15) is 19.3 Å². The zero-order valence-corrected chi connectivity index (χ0v) is 26.2. The second kappa shape index (κ2) is 12.0. The van der Waals surface area contributed by atoms with Crippen molar-refractivity contribution < 1.29 is 22.7 Å². The highest BCUT2D eigenvalue weighted by Gasteiger charge is 2.57. The van der Waals surface area contributed by atoms with Crippen LogP contribution in [-0.2, 0) is 4.79 Å². The summed E-state index contributed by atoms with van der Waals surface area (Å²) in [7, 11) is 0. The number of alkyl halides is 2. The minimum atomic E-state index is -2.80. The van der Waals surface area contributed by atoms with Gasteiger partial charge in [0, 0.05) is 42.0 Å². The Morgan fingerprint density at radius 1 is 1.11 bits per heavy atom. The second-order valence-electron chi connectivity index (χ2n) is 12.5. The smallest absolute Gasteiger partial charge is 0.320 e. The van der Waals surface area contributed by atoms with Crippen LogP contribution in [0, 0.1) is 6.57 Å². The van der Waals surface area contributed by atoms with Crippen molar-refractivity contribution in [2.75, 3.05) is 50.8 Å². The number of piperazine rings is 1. The number of nitrogens with zero attached hydrogens (tertiary/aromatic N) is 7. The monoisotopic (exact) mass is 661 g/mol. The molecule has 2 atom stereocenters. The van der Waals surface area contributed by atoms with Gasteiger partial charge < -0.3 is 19.4 Å². The molecule has 3 aliphatic rings. The number of halogens is 4. The van der Waals surface area contributed by atoms with Gasteiger partial charge in [0.1, 0.15) is 18.5 Å². The van der Waals surface area contributed by atoms with Gasteiger partial charge in [-0.2, -0.15) is 9.97 Å². The van der Waals surface area contributed by atoms with E-state index >= 15 is 0 Å². The molecule has 5 heterocycles. The quantitative estimate of drug-likeness (QED) is 0.173. The van der Waals surface area contributed by atoms with E-state index in [4.69, 9.17) is 32.9 Å². The van der Waals surface area contributed by atoms with Gasteiger partial charge in [-0.3, -0.25) is 9.69 Å². The van der Waals surface area contributed by atoms with Crippen molar-refractivity contribution in [3.8, 4) is 17.3 Å². The number of hydrogen-bond donors (Lipinski definition) is 0. The van der Waals surface area contributed by atoms with Gasteiger partial charge in [0.05, 0.1) is 23.2 Å². The molecule has 0 spiro atoms. The number of fused-ring (bicyclic) bond motifs is 3. The molecule has 7 rings (SSSR count). The van der Waals surface area contributed by atoms with Crippen molar-refractivity contribution >= 4 is 45.1 Å². The first-order chi connectivity index (χ1) is 22.6. The largest absolute Gasteiger partial charge is 0.461 e. The number of amides is 1. The normalized spacial score (nSPS) is 22.4. The van der Waals surface area contributed by atoms with Crippen molar-refractivity contribution in [2.45, 2.75) is 36.8 Å². The number of carbonyl (C=O) groups is 1. The average molecular weight is 662 g/mol. The van der Waals surface area contributed by atoms with E-state index in [1.165, 1.54) is 4.90 Å². The van der Waals surface area contributed by atoms with E-state index < -0.39 is 29.2 Å². The summed E-state index contributed by atoms with van der Waals surface area (Å²) in [5.74, 6) is -4.27. The first-order valence-corrected chi connectivity index (χ1v) is 15.8. The number of anilines is 1. The molecule has 0 unspecified atom stereocenters. The summed E-state index contributed by atoms with van der Waals surface area (Å²) in [6.07, 6.45) is 1.10. The molecule has 0 aliphatic carbocycles. The molecule has 3 fully saturated rings. The maximum absolute atomic E-state index is 14.5. The Bertz CT molecular complexity index is 1950. The van der Waals surface area contributed by atoms with Gasteiger partial charge in [0.25, 0.3) is 11.8 Å². The fraction of sp³-hybridized carbons (Fsp3) is 0.382. The zero-order chi connectivity index (χ0) is 32.9. The molecule has 0 radical (unpaired) electrons. The van der Waals surface area contributed by atoms with E-state index in [0.29, 0.717) is 40.5 Å². The molecule has 0 saturated carbocycles. The van der Waals surface area contributed by atoms with Gasteiger partial charge >= 0.3 is 6.01 Å². The van der Waals surface area contributed by atoms with E-state index in [2.05, 4.69) is 16.4 Å². The van der Waals surface area contributed by atoms with Crippen molar-refractivity contribution in [1.82, 2.24) is 24.8 Å². The van der Waals surface area contributed by atoms with Crippen LogP contribution < -0.4 is 9.64 Å². The SMILES string of the molecule is [C-]#[N+]C[C@H]1CN(c2nc(OC[C@@]34CCCN3CC(F)(F)C4)nc3nc(-c4cccc5cccc(Cl)c45)ccc23)CCN1C(=O)C(=C)F. The summed E-state index contributed by atoms with van der Waals surface area (Å²) in [5.41, 5.74) is 0.937. The lowest BCUT2D eigenvalue weighted by atomic mass is 9.94. The summed E-state index contributed by atoms with van der Waals surface area (Å²) >= 11 is 6.63. The van der Waals surface area contributed by atoms with Crippen LogP contribution in [0.3, 0.4) is 0 Å². The Hall–Kier alpha value is -4.47. The minimum Gasteiger partial charge on any atom is -0.461 e. The number of rotatable bonds is 7. The molecular weight excluding hydrogens is 631 g/mol. The summed E-state index contributed by atoms with van der Waals surface area (Å²) in [4.78, 5) is 35.4. The highest BCUT2D eigenvalue weighted by atomic mass is 35.5. The predicted octanol–water partition coefficient (Wildman–Crippen LogP) is 6.17. The number of pyridine rings is 1. The summed E-state index contributed by atoms with van der Waals surface area (Å²) in [5, 5.41) is 2.97. The minimum absolute atomic E-state index is 0.00655. The van der Waals surface area contributed by atoms with E-state index in [1.54, 1.807) is 4.90 Å². The van der Waals surface area contributed by atoms with Crippen LogP contribution in [0.4, 0.5) is 19.0 Å². The van der Waals surface area contributed by atoms with Gasteiger partial charge in [-0.25, -0.2) is 24.7 Å². The van der Waals surface area contributed by atoms with E-state index in [0.717, 1.165) is 22.8 Å². The predicted molar refractivity (Wildman–Crippen MR) is 173 cm³/mol. The standard InChI is InChI=1S/C34H31ClF3N7O2/c1-21(36)31(46)45-15-14-43(17-23(45)16-39-2)30-25-10-11-27(24-8-3-6-22-7-4-9-26(35)28(22)24)40-29(25)41-32(42-30)47-20-33-12-5-13-44(33)19-34(37,38)18-33/h3-4,6-11,23H,1,5,12-20H2/t23-,33-/m0/s1. The number of carbonyl (C=O) groups excluding carboxylic acids is 1. The third kappa shape index (κ3) is 5.72. The summed E-state index contributed by atoms with van der Waals surface area (Å²) in [6, 6.07) is 14.6. The van der Waals surface area contributed by atoms with Crippen LogP contribution >= 0.6 is 11.6 Å². The lowest BCUT2D eigenvalue weighted by molar-refractivity contribution is -0.131. The maximum Gasteiger partial charge on any atom is 0.320 e. The van der Waals surface area contributed by atoms with Crippen molar-refractivity contribution in [1.29, 1.82) is 0 Å². The lowest BCUT2D eigenvalue weighted by Gasteiger charge is -2.39. The summed E-state index contributed by atoms with van der Waals surface area (Å²) < 4.78 is 49.0. The zero-order valence-electron chi connectivity index (χ0n) is 25.4. The molecule has 2 aromatic heterocycles. The number of aromatic nitrogens is 3.